The van der Waals surface area contributed by atoms with Crippen molar-refractivity contribution in [3.8, 4) is 0 Å². The van der Waals surface area contributed by atoms with E-state index in [2.05, 4.69) is 61.3 Å². The summed E-state index contributed by atoms with van der Waals surface area (Å²) < 4.78 is 0. The Morgan fingerprint density at radius 3 is 2.29 bits per heavy atom. The van der Waals surface area contributed by atoms with Crippen molar-refractivity contribution >= 4 is 11.8 Å². The lowest BCUT2D eigenvalue weighted by Gasteiger charge is -2.18. The molecule has 96 valence electrons. The monoisotopic (exact) mass is 252 g/mol. The van der Waals surface area contributed by atoms with Gasteiger partial charge in [0.1, 0.15) is 0 Å². The van der Waals surface area contributed by atoms with Crippen molar-refractivity contribution in [1.29, 1.82) is 0 Å². The molecule has 1 rings (SSSR count). The molecule has 0 spiro atoms. The number of benzene rings is 1. The molecule has 0 aliphatic rings. The molecule has 0 atom stereocenters. The molecule has 0 bridgehead atoms. The minimum atomic E-state index is 1.13. The SMILES string of the molecule is CN(C)CCN(C)CCSCc1ccccc1. The summed E-state index contributed by atoms with van der Waals surface area (Å²) in [5.41, 5.74) is 1.42. The van der Waals surface area contributed by atoms with Crippen LogP contribution in [0.3, 0.4) is 0 Å². The highest BCUT2D eigenvalue weighted by atomic mass is 32.2. The van der Waals surface area contributed by atoms with Crippen molar-refractivity contribution in [3.05, 3.63) is 35.9 Å². The first kappa shape index (κ1) is 14.6. The third kappa shape index (κ3) is 7.42. The van der Waals surface area contributed by atoms with Crippen LogP contribution in [0.2, 0.25) is 0 Å². The van der Waals surface area contributed by atoms with Crippen LogP contribution in [-0.2, 0) is 5.75 Å². The van der Waals surface area contributed by atoms with Crippen molar-refractivity contribution in [3.63, 3.8) is 0 Å². The fraction of sp³-hybridized carbons (Fsp3) is 0.571. The summed E-state index contributed by atoms with van der Waals surface area (Å²) >= 11 is 2.01. The molecule has 1 aromatic carbocycles. The topological polar surface area (TPSA) is 6.48 Å². The number of rotatable bonds is 8. The van der Waals surface area contributed by atoms with Crippen LogP contribution in [0.1, 0.15) is 5.56 Å². The predicted octanol–water partition coefficient (Wildman–Crippen LogP) is 2.41. The first-order valence-electron chi connectivity index (χ1n) is 6.13. The molecular weight excluding hydrogens is 228 g/mol. The highest BCUT2D eigenvalue weighted by molar-refractivity contribution is 7.98. The molecule has 3 heteroatoms. The summed E-state index contributed by atoms with van der Waals surface area (Å²) in [5.74, 6) is 2.33. The Balaban J connectivity index is 2.04. The second kappa shape index (κ2) is 8.56. The van der Waals surface area contributed by atoms with Gasteiger partial charge in [-0.05, 0) is 26.7 Å². The van der Waals surface area contributed by atoms with E-state index in [9.17, 15) is 0 Å². The summed E-state index contributed by atoms with van der Waals surface area (Å²) in [6.07, 6.45) is 0. The molecule has 0 N–H and O–H groups in total. The second-order valence-electron chi connectivity index (χ2n) is 4.64. The van der Waals surface area contributed by atoms with Crippen LogP contribution in [0.5, 0.6) is 0 Å². The fourth-order valence-electron chi connectivity index (χ4n) is 1.47. The smallest absolute Gasteiger partial charge is 0.0185 e. The van der Waals surface area contributed by atoms with Gasteiger partial charge < -0.3 is 9.80 Å². The molecule has 0 unspecified atom stereocenters. The summed E-state index contributed by atoms with van der Waals surface area (Å²) in [5, 5.41) is 0. The maximum atomic E-state index is 2.40. The minimum Gasteiger partial charge on any atom is -0.308 e. The van der Waals surface area contributed by atoms with Crippen molar-refractivity contribution in [2.24, 2.45) is 0 Å². The lowest BCUT2D eigenvalue weighted by Crippen LogP contribution is -2.30. The van der Waals surface area contributed by atoms with Gasteiger partial charge in [-0.25, -0.2) is 0 Å². The Morgan fingerprint density at radius 1 is 0.941 bits per heavy atom. The zero-order valence-corrected chi connectivity index (χ0v) is 12.0. The quantitative estimate of drug-likeness (QED) is 0.656. The third-order valence-electron chi connectivity index (χ3n) is 2.66. The van der Waals surface area contributed by atoms with Crippen LogP contribution >= 0.6 is 11.8 Å². The zero-order chi connectivity index (χ0) is 12.5. The maximum Gasteiger partial charge on any atom is 0.0185 e. The van der Waals surface area contributed by atoms with E-state index in [0.717, 1.165) is 18.8 Å². The van der Waals surface area contributed by atoms with Gasteiger partial charge in [-0.3, -0.25) is 0 Å². The molecule has 0 fully saturated rings. The minimum absolute atomic E-state index is 1.13. The van der Waals surface area contributed by atoms with Crippen LogP contribution in [0.4, 0.5) is 0 Å². The average Bonchev–Trinajstić information content (AvgIpc) is 2.33. The summed E-state index contributed by atoms with van der Waals surface area (Å²) in [6, 6.07) is 10.7. The van der Waals surface area contributed by atoms with Gasteiger partial charge in [0.2, 0.25) is 0 Å². The van der Waals surface area contributed by atoms with Crippen LogP contribution in [0.25, 0.3) is 0 Å². The van der Waals surface area contributed by atoms with Crippen molar-refractivity contribution in [2.75, 3.05) is 46.5 Å². The maximum absolute atomic E-state index is 2.40. The summed E-state index contributed by atoms with van der Waals surface area (Å²) in [4.78, 5) is 4.63. The summed E-state index contributed by atoms with van der Waals surface area (Å²) in [7, 11) is 6.45. The molecule has 0 amide bonds. The van der Waals surface area contributed by atoms with Gasteiger partial charge in [0.15, 0.2) is 0 Å². The van der Waals surface area contributed by atoms with E-state index in [0.29, 0.717) is 0 Å². The van der Waals surface area contributed by atoms with Gasteiger partial charge in [-0.2, -0.15) is 11.8 Å². The molecule has 0 aromatic heterocycles. The number of hydrogen-bond donors (Lipinski definition) is 0. The van der Waals surface area contributed by atoms with Gasteiger partial charge in [-0.1, -0.05) is 30.3 Å². The summed E-state index contributed by atoms with van der Waals surface area (Å²) in [6.45, 7) is 3.46. The highest BCUT2D eigenvalue weighted by Crippen LogP contribution is 2.11. The molecule has 0 saturated carbocycles. The zero-order valence-electron chi connectivity index (χ0n) is 11.2. The Bertz CT molecular complexity index is 288. The first-order valence-corrected chi connectivity index (χ1v) is 7.29. The Kier molecular flexibility index (Phi) is 7.33. The number of nitrogens with zero attached hydrogens (tertiary/aromatic N) is 2. The average molecular weight is 252 g/mol. The molecule has 2 nitrogen and oxygen atoms in total. The molecule has 0 radical (unpaired) electrons. The fourth-order valence-corrected chi connectivity index (χ4v) is 2.48. The van der Waals surface area contributed by atoms with Gasteiger partial charge >= 0.3 is 0 Å². The van der Waals surface area contributed by atoms with E-state index < -0.39 is 0 Å². The predicted molar refractivity (Wildman–Crippen MR) is 78.7 cm³/mol. The molecular formula is C14H24N2S. The van der Waals surface area contributed by atoms with Crippen LogP contribution in [0.15, 0.2) is 30.3 Å². The van der Waals surface area contributed by atoms with Crippen molar-refractivity contribution < 1.29 is 0 Å². The molecule has 0 heterocycles. The van der Waals surface area contributed by atoms with E-state index in [-0.39, 0.29) is 0 Å². The first-order chi connectivity index (χ1) is 8.18. The molecule has 0 saturated heterocycles. The molecule has 1 aromatic rings. The number of likely N-dealkylation sites (N-methyl/N-ethyl adjacent to an activating group) is 2. The van der Waals surface area contributed by atoms with Crippen LogP contribution in [-0.4, -0.2) is 56.3 Å². The number of hydrogen-bond acceptors (Lipinski definition) is 3. The molecule has 17 heavy (non-hydrogen) atoms. The van der Waals surface area contributed by atoms with E-state index in [4.69, 9.17) is 0 Å². The lowest BCUT2D eigenvalue weighted by atomic mass is 10.2. The Morgan fingerprint density at radius 2 is 1.65 bits per heavy atom. The normalized spacial score (nSPS) is 11.4. The second-order valence-corrected chi connectivity index (χ2v) is 5.75. The standard InChI is InChI=1S/C14H24N2S/c1-15(2)9-10-16(3)11-12-17-13-14-7-5-4-6-8-14/h4-8H,9-13H2,1-3H3. The van der Waals surface area contributed by atoms with Gasteiger partial charge in [0, 0.05) is 31.1 Å². The van der Waals surface area contributed by atoms with Gasteiger partial charge in [0.05, 0.1) is 0 Å². The van der Waals surface area contributed by atoms with Crippen LogP contribution < -0.4 is 0 Å². The van der Waals surface area contributed by atoms with E-state index >= 15 is 0 Å². The van der Waals surface area contributed by atoms with Crippen LogP contribution in [0, 0.1) is 0 Å². The van der Waals surface area contributed by atoms with E-state index in [1.54, 1.807) is 0 Å². The van der Waals surface area contributed by atoms with E-state index in [1.165, 1.54) is 17.9 Å². The highest BCUT2D eigenvalue weighted by Gasteiger charge is 1.99. The number of thioether (sulfide) groups is 1. The molecule has 0 aliphatic carbocycles. The van der Waals surface area contributed by atoms with Gasteiger partial charge in [0.25, 0.3) is 0 Å². The van der Waals surface area contributed by atoms with E-state index in [1.807, 2.05) is 11.8 Å². The van der Waals surface area contributed by atoms with Crippen molar-refractivity contribution in [2.45, 2.75) is 5.75 Å². The largest absolute Gasteiger partial charge is 0.308 e. The lowest BCUT2D eigenvalue weighted by molar-refractivity contribution is 0.294. The Hall–Kier alpha value is -0.510. The Labute approximate surface area is 110 Å². The third-order valence-corrected chi connectivity index (χ3v) is 3.67. The molecule has 0 aliphatic heterocycles. The van der Waals surface area contributed by atoms with Gasteiger partial charge in [-0.15, -0.1) is 0 Å². The van der Waals surface area contributed by atoms with Crippen molar-refractivity contribution in [1.82, 2.24) is 9.80 Å².